The van der Waals surface area contributed by atoms with Crippen LogP contribution < -0.4 is 18.9 Å². The van der Waals surface area contributed by atoms with Crippen molar-refractivity contribution in [2.24, 2.45) is 0 Å². The van der Waals surface area contributed by atoms with E-state index < -0.39 is 26.6 Å². The molecule has 0 saturated heterocycles. The number of pyridine rings is 1. The fourth-order valence-corrected chi connectivity index (χ4v) is 4.49. The van der Waals surface area contributed by atoms with E-state index in [4.69, 9.17) is 25.8 Å². The van der Waals surface area contributed by atoms with Crippen molar-refractivity contribution in [3.05, 3.63) is 77.5 Å². The number of nitrogens with zero attached hydrogens (tertiary/aromatic N) is 1. The van der Waals surface area contributed by atoms with Crippen molar-refractivity contribution in [2.75, 3.05) is 18.9 Å². The third-order valence-corrected chi connectivity index (χ3v) is 6.44. The van der Waals surface area contributed by atoms with Gasteiger partial charge < -0.3 is 14.2 Å². The second-order valence-corrected chi connectivity index (χ2v) is 9.04. The van der Waals surface area contributed by atoms with Crippen molar-refractivity contribution >= 4 is 38.2 Å². The fourth-order valence-electron chi connectivity index (χ4n) is 3.20. The van der Waals surface area contributed by atoms with Gasteiger partial charge in [0.15, 0.2) is 17.3 Å². The molecular weight excluding hydrogens is 490 g/mol. The summed E-state index contributed by atoms with van der Waals surface area (Å²) in [5, 5.41) is 0.618. The SMILES string of the molecule is COc1cc2nccc(Oc3ccc(NS(=O)(=O)c4ccc(Cl)cc4F)c(F)c3)c2cc1OC. The first-order valence-corrected chi connectivity index (χ1v) is 11.5. The predicted octanol–water partition coefficient (Wildman–Crippen LogP) is 5.78. The van der Waals surface area contributed by atoms with Crippen molar-refractivity contribution in [1.29, 1.82) is 0 Å². The van der Waals surface area contributed by atoms with E-state index in [-0.39, 0.29) is 16.5 Å². The Labute approximate surface area is 198 Å². The first-order chi connectivity index (χ1) is 16.2. The summed E-state index contributed by atoms with van der Waals surface area (Å²) >= 11 is 5.66. The van der Waals surface area contributed by atoms with Gasteiger partial charge in [0.2, 0.25) is 0 Å². The molecule has 1 aromatic heterocycles. The molecule has 34 heavy (non-hydrogen) atoms. The van der Waals surface area contributed by atoms with Gasteiger partial charge in [-0.2, -0.15) is 0 Å². The van der Waals surface area contributed by atoms with E-state index in [1.807, 2.05) is 4.72 Å². The Balaban J connectivity index is 1.62. The van der Waals surface area contributed by atoms with Crippen LogP contribution in [0.2, 0.25) is 5.02 Å². The quantitative estimate of drug-likeness (QED) is 0.342. The molecule has 0 aliphatic carbocycles. The minimum Gasteiger partial charge on any atom is -0.493 e. The number of methoxy groups -OCH3 is 2. The number of hydrogen-bond donors (Lipinski definition) is 1. The van der Waals surface area contributed by atoms with Gasteiger partial charge in [-0.05, 0) is 42.5 Å². The molecule has 176 valence electrons. The highest BCUT2D eigenvalue weighted by Crippen LogP contribution is 2.37. The van der Waals surface area contributed by atoms with Crippen LogP contribution in [0.3, 0.4) is 0 Å². The minimum absolute atomic E-state index is 0.0313. The van der Waals surface area contributed by atoms with Crippen LogP contribution in [0.5, 0.6) is 23.0 Å². The number of anilines is 1. The molecule has 0 bridgehead atoms. The Morgan fingerprint density at radius 1 is 0.882 bits per heavy atom. The van der Waals surface area contributed by atoms with Crippen molar-refractivity contribution in [3.63, 3.8) is 0 Å². The highest BCUT2D eigenvalue weighted by atomic mass is 35.5. The van der Waals surface area contributed by atoms with Crippen LogP contribution in [0.1, 0.15) is 0 Å². The van der Waals surface area contributed by atoms with Crippen LogP contribution in [-0.2, 0) is 10.0 Å². The lowest BCUT2D eigenvalue weighted by Gasteiger charge is -2.13. The highest BCUT2D eigenvalue weighted by Gasteiger charge is 2.21. The smallest absolute Gasteiger partial charge is 0.264 e. The molecule has 11 heteroatoms. The molecule has 4 aromatic rings. The third-order valence-electron chi connectivity index (χ3n) is 4.80. The van der Waals surface area contributed by atoms with Crippen LogP contribution in [0.4, 0.5) is 14.5 Å². The van der Waals surface area contributed by atoms with E-state index in [0.717, 1.165) is 18.2 Å². The molecule has 0 saturated carbocycles. The second kappa shape index (κ2) is 9.32. The highest BCUT2D eigenvalue weighted by molar-refractivity contribution is 7.92. The van der Waals surface area contributed by atoms with Crippen molar-refractivity contribution in [3.8, 4) is 23.0 Å². The number of nitrogens with one attached hydrogen (secondary N) is 1. The van der Waals surface area contributed by atoms with Gasteiger partial charge in [-0.1, -0.05) is 11.6 Å². The molecule has 7 nitrogen and oxygen atoms in total. The van der Waals surface area contributed by atoms with Gasteiger partial charge in [0.25, 0.3) is 10.0 Å². The van der Waals surface area contributed by atoms with Crippen LogP contribution in [-0.4, -0.2) is 27.6 Å². The number of benzene rings is 3. The number of ether oxygens (including phenoxy) is 3. The zero-order chi connectivity index (χ0) is 24.5. The van der Waals surface area contributed by atoms with E-state index in [2.05, 4.69) is 4.98 Å². The number of rotatable bonds is 7. The monoisotopic (exact) mass is 506 g/mol. The largest absolute Gasteiger partial charge is 0.493 e. The maximum Gasteiger partial charge on any atom is 0.264 e. The van der Waals surface area contributed by atoms with Crippen molar-refractivity contribution < 1.29 is 31.4 Å². The molecule has 1 heterocycles. The zero-order valence-electron chi connectivity index (χ0n) is 17.8. The summed E-state index contributed by atoms with van der Waals surface area (Å²) in [6, 6.07) is 11.5. The molecule has 0 fully saturated rings. The van der Waals surface area contributed by atoms with Crippen LogP contribution in [0.25, 0.3) is 10.9 Å². The average Bonchev–Trinajstić information content (AvgIpc) is 2.79. The molecule has 0 spiro atoms. The van der Waals surface area contributed by atoms with Crippen molar-refractivity contribution in [1.82, 2.24) is 4.98 Å². The maximum atomic E-state index is 14.7. The third kappa shape index (κ3) is 4.68. The standard InChI is InChI=1S/C23H17ClF2N2O5S/c1-31-21-11-15-19(12-22(21)32-2)27-8-7-20(15)33-14-4-5-18(16(25)10-14)28-34(29,30)23-6-3-13(24)9-17(23)26/h3-12,28H,1-2H3. The Morgan fingerprint density at radius 2 is 1.62 bits per heavy atom. The minimum atomic E-state index is -4.40. The Morgan fingerprint density at radius 3 is 2.29 bits per heavy atom. The first kappa shape index (κ1) is 23.5. The van der Waals surface area contributed by atoms with Gasteiger partial charge in [0, 0.05) is 28.7 Å². The number of hydrogen-bond acceptors (Lipinski definition) is 6. The number of halogens is 3. The molecule has 0 aliphatic rings. The molecule has 0 atom stereocenters. The Bertz CT molecular complexity index is 1500. The zero-order valence-corrected chi connectivity index (χ0v) is 19.4. The molecule has 0 unspecified atom stereocenters. The lowest BCUT2D eigenvalue weighted by molar-refractivity contribution is 0.355. The summed E-state index contributed by atoms with van der Waals surface area (Å²) in [7, 11) is -1.40. The number of sulfonamides is 1. The van der Waals surface area contributed by atoms with Crippen LogP contribution in [0, 0.1) is 11.6 Å². The topological polar surface area (TPSA) is 86.8 Å². The van der Waals surface area contributed by atoms with Crippen molar-refractivity contribution in [2.45, 2.75) is 4.90 Å². The van der Waals surface area contributed by atoms with Gasteiger partial charge in [-0.15, -0.1) is 0 Å². The van der Waals surface area contributed by atoms with E-state index in [1.165, 1.54) is 38.6 Å². The molecule has 1 N–H and O–H groups in total. The predicted molar refractivity (Wildman–Crippen MR) is 124 cm³/mol. The molecule has 0 radical (unpaired) electrons. The summed E-state index contributed by atoms with van der Waals surface area (Å²) in [6.07, 6.45) is 1.52. The van der Waals surface area contributed by atoms with Crippen LogP contribution >= 0.6 is 11.6 Å². The summed E-state index contributed by atoms with van der Waals surface area (Å²) in [4.78, 5) is 3.61. The number of fused-ring (bicyclic) bond motifs is 1. The van der Waals surface area contributed by atoms with E-state index in [9.17, 15) is 17.2 Å². The Hall–Kier alpha value is -3.63. The first-order valence-electron chi connectivity index (χ1n) is 9.68. The van der Waals surface area contributed by atoms with E-state index in [1.54, 1.807) is 18.2 Å². The normalized spacial score (nSPS) is 11.3. The summed E-state index contributed by atoms with van der Waals surface area (Å²) in [5.74, 6) is -0.579. The summed E-state index contributed by atoms with van der Waals surface area (Å²) < 4.78 is 72.2. The van der Waals surface area contributed by atoms with Gasteiger partial charge in [-0.25, -0.2) is 17.2 Å². The molecule has 3 aromatic carbocycles. The Kier molecular flexibility index (Phi) is 6.45. The van der Waals surface area contributed by atoms with E-state index >= 15 is 0 Å². The molecule has 0 aliphatic heterocycles. The van der Waals surface area contributed by atoms with Crippen LogP contribution in [0.15, 0.2) is 65.7 Å². The van der Waals surface area contributed by atoms with Gasteiger partial charge in [-0.3, -0.25) is 9.71 Å². The summed E-state index contributed by atoms with van der Waals surface area (Å²) in [6.45, 7) is 0. The lowest BCUT2D eigenvalue weighted by atomic mass is 10.2. The average molecular weight is 507 g/mol. The summed E-state index contributed by atoms with van der Waals surface area (Å²) in [5.41, 5.74) is 0.178. The molecule has 0 amide bonds. The fraction of sp³-hybridized carbons (Fsp3) is 0.0870. The second-order valence-electron chi connectivity index (χ2n) is 6.96. The lowest BCUT2D eigenvalue weighted by Crippen LogP contribution is -2.15. The number of aromatic nitrogens is 1. The van der Waals surface area contributed by atoms with Gasteiger partial charge >= 0.3 is 0 Å². The van der Waals surface area contributed by atoms with Gasteiger partial charge in [0.1, 0.15) is 22.2 Å². The van der Waals surface area contributed by atoms with E-state index in [0.29, 0.717) is 28.2 Å². The maximum absolute atomic E-state index is 14.7. The molecular formula is C23H17ClF2N2O5S. The van der Waals surface area contributed by atoms with Gasteiger partial charge in [0.05, 0.1) is 25.4 Å². The molecule has 4 rings (SSSR count).